The van der Waals surface area contributed by atoms with E-state index in [9.17, 15) is 15.3 Å². The molecule has 0 spiro atoms. The number of nitrogens with one attached hydrogen (secondary N) is 1. The van der Waals surface area contributed by atoms with Crippen molar-refractivity contribution in [3.63, 3.8) is 0 Å². The van der Waals surface area contributed by atoms with Gasteiger partial charge in [-0.2, -0.15) is 0 Å². The van der Waals surface area contributed by atoms with Crippen molar-refractivity contribution >= 4 is 15.9 Å². The average molecular weight is 306 g/mol. The third-order valence-corrected chi connectivity index (χ3v) is 3.26. The second-order valence-corrected chi connectivity index (χ2v) is 4.38. The summed E-state index contributed by atoms with van der Waals surface area (Å²) in [5.41, 5.74) is 0.408. The number of hydrogen-bond acceptors (Lipinski definition) is 5. The zero-order valence-corrected chi connectivity index (χ0v) is 11.2. The Bertz CT molecular complexity index is 386. The van der Waals surface area contributed by atoms with Crippen LogP contribution in [0.25, 0.3) is 0 Å². The maximum Gasteiger partial charge on any atom is 0.172 e. The summed E-state index contributed by atoms with van der Waals surface area (Å²) in [7, 11) is 3.12. The molecule has 0 saturated heterocycles. The van der Waals surface area contributed by atoms with E-state index in [0.29, 0.717) is 15.8 Å². The van der Waals surface area contributed by atoms with Crippen LogP contribution in [-0.4, -0.2) is 42.1 Å². The second-order valence-electron chi connectivity index (χ2n) is 3.59. The number of phenols is 1. The smallest absolute Gasteiger partial charge is 0.172 e. The summed E-state index contributed by atoms with van der Waals surface area (Å²) in [6.07, 6.45) is -2.04. The molecule has 96 valence electrons. The van der Waals surface area contributed by atoms with Crippen molar-refractivity contribution in [2.75, 3.05) is 20.7 Å². The van der Waals surface area contributed by atoms with E-state index in [-0.39, 0.29) is 12.3 Å². The lowest BCUT2D eigenvalue weighted by Gasteiger charge is -2.20. The minimum atomic E-state index is -1.09. The number of aromatic hydroxyl groups is 1. The Labute approximate surface area is 108 Å². The molecule has 6 heteroatoms. The van der Waals surface area contributed by atoms with E-state index < -0.39 is 12.2 Å². The molecule has 0 aromatic heterocycles. The summed E-state index contributed by atoms with van der Waals surface area (Å²) in [6.45, 7) is 0.250. The van der Waals surface area contributed by atoms with Crippen LogP contribution in [0.15, 0.2) is 16.6 Å². The Morgan fingerprint density at radius 2 is 2.06 bits per heavy atom. The normalized spacial score (nSPS) is 14.4. The molecule has 1 aromatic carbocycles. The molecule has 5 nitrogen and oxygen atoms in total. The highest BCUT2D eigenvalue weighted by atomic mass is 79.9. The summed E-state index contributed by atoms with van der Waals surface area (Å²) in [6, 6.07) is 3.12. The molecular formula is C11H16BrNO4. The Balaban J connectivity index is 3.03. The van der Waals surface area contributed by atoms with Crippen LogP contribution in [0.4, 0.5) is 0 Å². The Kier molecular flexibility index (Phi) is 5.20. The molecule has 0 aliphatic heterocycles. The van der Waals surface area contributed by atoms with Crippen molar-refractivity contribution in [1.82, 2.24) is 5.32 Å². The molecule has 1 rings (SSSR count). The first-order valence-corrected chi connectivity index (χ1v) is 5.88. The highest BCUT2D eigenvalue weighted by Crippen LogP contribution is 2.39. The fourth-order valence-corrected chi connectivity index (χ4v) is 2.05. The lowest BCUT2D eigenvalue weighted by molar-refractivity contribution is 0.0196. The molecular weight excluding hydrogens is 290 g/mol. The van der Waals surface area contributed by atoms with Gasteiger partial charge >= 0.3 is 0 Å². The van der Waals surface area contributed by atoms with Crippen LogP contribution in [-0.2, 0) is 0 Å². The number of aliphatic hydroxyl groups excluding tert-OH is 2. The largest absolute Gasteiger partial charge is 0.503 e. The molecule has 4 N–H and O–H groups in total. The Morgan fingerprint density at radius 3 is 2.59 bits per heavy atom. The first-order chi connectivity index (χ1) is 8.02. The van der Waals surface area contributed by atoms with Crippen LogP contribution < -0.4 is 10.1 Å². The summed E-state index contributed by atoms with van der Waals surface area (Å²) in [5.74, 6) is 0.205. The number of ether oxygens (including phenoxy) is 1. The van der Waals surface area contributed by atoms with Crippen LogP contribution in [0, 0.1) is 0 Å². The maximum atomic E-state index is 9.92. The van der Waals surface area contributed by atoms with Gasteiger partial charge in [-0.3, -0.25) is 0 Å². The van der Waals surface area contributed by atoms with E-state index in [1.807, 2.05) is 0 Å². The number of benzene rings is 1. The predicted octanol–water partition coefficient (Wildman–Crippen LogP) is 0.777. The minimum Gasteiger partial charge on any atom is -0.503 e. The quantitative estimate of drug-likeness (QED) is 0.646. The molecule has 0 heterocycles. The van der Waals surface area contributed by atoms with Crippen molar-refractivity contribution in [1.29, 1.82) is 0 Å². The van der Waals surface area contributed by atoms with Gasteiger partial charge in [-0.15, -0.1) is 0 Å². The van der Waals surface area contributed by atoms with Crippen LogP contribution >= 0.6 is 15.9 Å². The third kappa shape index (κ3) is 3.10. The SMILES string of the molecule is CNCC(O)C(O)c1ccc(OC)c(O)c1Br. The molecule has 0 aliphatic rings. The number of methoxy groups -OCH3 is 1. The van der Waals surface area contributed by atoms with Gasteiger partial charge in [0, 0.05) is 12.1 Å². The highest BCUT2D eigenvalue weighted by Gasteiger charge is 2.22. The number of rotatable bonds is 5. The van der Waals surface area contributed by atoms with Gasteiger partial charge in [-0.1, -0.05) is 6.07 Å². The van der Waals surface area contributed by atoms with Crippen LogP contribution in [0.3, 0.4) is 0 Å². The van der Waals surface area contributed by atoms with Gasteiger partial charge in [-0.25, -0.2) is 0 Å². The number of likely N-dealkylation sites (N-methyl/N-ethyl adjacent to an activating group) is 1. The maximum absolute atomic E-state index is 9.92. The fourth-order valence-electron chi connectivity index (χ4n) is 1.48. The lowest BCUT2D eigenvalue weighted by Crippen LogP contribution is -2.29. The molecule has 2 unspecified atom stereocenters. The summed E-state index contributed by atoms with van der Waals surface area (Å²) < 4.78 is 5.25. The topological polar surface area (TPSA) is 82.0 Å². The molecule has 0 radical (unpaired) electrons. The average Bonchev–Trinajstić information content (AvgIpc) is 2.32. The van der Waals surface area contributed by atoms with Crippen molar-refractivity contribution in [2.45, 2.75) is 12.2 Å². The summed E-state index contributed by atoms with van der Waals surface area (Å²) in [4.78, 5) is 0. The lowest BCUT2D eigenvalue weighted by atomic mass is 10.0. The first-order valence-electron chi connectivity index (χ1n) is 5.09. The standard InChI is InChI=1S/C11H16BrNO4/c1-13-5-7(14)10(15)6-3-4-8(17-2)11(16)9(6)12/h3-4,7,10,13-16H,5H2,1-2H3. The van der Waals surface area contributed by atoms with E-state index in [1.165, 1.54) is 13.2 Å². The molecule has 0 amide bonds. The van der Waals surface area contributed by atoms with Crippen LogP contribution in [0.5, 0.6) is 11.5 Å². The van der Waals surface area contributed by atoms with Gasteiger partial charge in [0.1, 0.15) is 6.10 Å². The van der Waals surface area contributed by atoms with Gasteiger partial charge in [0.25, 0.3) is 0 Å². The van der Waals surface area contributed by atoms with E-state index in [4.69, 9.17) is 4.74 Å². The van der Waals surface area contributed by atoms with E-state index in [1.54, 1.807) is 13.1 Å². The van der Waals surface area contributed by atoms with Crippen molar-refractivity contribution in [3.8, 4) is 11.5 Å². The molecule has 0 aliphatic carbocycles. The summed E-state index contributed by atoms with van der Waals surface area (Å²) >= 11 is 3.17. The van der Waals surface area contributed by atoms with Crippen molar-refractivity contribution < 1.29 is 20.1 Å². The second kappa shape index (κ2) is 6.20. The number of halogens is 1. The third-order valence-electron chi connectivity index (χ3n) is 2.43. The number of phenolic OH excluding ortho intramolecular Hbond substituents is 1. The summed E-state index contributed by atoms with van der Waals surface area (Å²) in [5, 5.41) is 32.1. The highest BCUT2D eigenvalue weighted by molar-refractivity contribution is 9.10. The molecule has 17 heavy (non-hydrogen) atoms. The predicted molar refractivity (Wildman–Crippen MR) is 67.3 cm³/mol. The molecule has 0 bridgehead atoms. The Morgan fingerprint density at radius 1 is 1.41 bits per heavy atom. The van der Waals surface area contributed by atoms with E-state index >= 15 is 0 Å². The first kappa shape index (κ1) is 14.2. The fraction of sp³-hybridized carbons (Fsp3) is 0.455. The molecule has 2 atom stereocenters. The minimum absolute atomic E-state index is 0.0966. The molecule has 0 saturated carbocycles. The van der Waals surface area contributed by atoms with E-state index in [2.05, 4.69) is 21.2 Å². The molecule has 0 fully saturated rings. The molecule has 1 aromatic rings. The monoisotopic (exact) mass is 305 g/mol. The van der Waals surface area contributed by atoms with Crippen LogP contribution in [0.2, 0.25) is 0 Å². The van der Waals surface area contributed by atoms with Crippen molar-refractivity contribution in [2.24, 2.45) is 0 Å². The van der Waals surface area contributed by atoms with Crippen LogP contribution in [0.1, 0.15) is 11.7 Å². The van der Waals surface area contributed by atoms with Gasteiger partial charge in [0.15, 0.2) is 11.5 Å². The zero-order chi connectivity index (χ0) is 13.0. The number of aliphatic hydroxyl groups is 2. The van der Waals surface area contributed by atoms with Crippen molar-refractivity contribution in [3.05, 3.63) is 22.2 Å². The van der Waals surface area contributed by atoms with Gasteiger partial charge in [0.2, 0.25) is 0 Å². The van der Waals surface area contributed by atoms with E-state index in [0.717, 1.165) is 0 Å². The van der Waals surface area contributed by atoms with Gasteiger partial charge in [0.05, 0.1) is 17.7 Å². The Hall–Kier alpha value is -0.820. The van der Waals surface area contributed by atoms with Gasteiger partial charge in [-0.05, 0) is 29.0 Å². The van der Waals surface area contributed by atoms with Gasteiger partial charge < -0.3 is 25.4 Å². The zero-order valence-electron chi connectivity index (χ0n) is 9.64. The number of hydrogen-bond donors (Lipinski definition) is 4.